The Balaban J connectivity index is 1.64. The quantitative estimate of drug-likeness (QED) is 0.724. The minimum absolute atomic E-state index is 0.213. The summed E-state index contributed by atoms with van der Waals surface area (Å²) in [5.41, 5.74) is 2.65. The van der Waals surface area contributed by atoms with Gasteiger partial charge in [0.25, 0.3) is 0 Å². The molecule has 104 valence electrons. The van der Waals surface area contributed by atoms with E-state index in [0.717, 1.165) is 37.4 Å². The summed E-state index contributed by atoms with van der Waals surface area (Å²) in [4.78, 5) is 14.9. The van der Waals surface area contributed by atoms with Gasteiger partial charge >= 0.3 is 0 Å². The first kappa shape index (κ1) is 11.1. The highest BCUT2D eigenvalue weighted by Gasteiger charge is 2.50. The predicted octanol–water partition coefficient (Wildman–Crippen LogP) is 2.07. The average molecular weight is 271 g/mol. The Kier molecular flexibility index (Phi) is 2.09. The zero-order valence-electron chi connectivity index (χ0n) is 11.3. The van der Waals surface area contributed by atoms with Crippen molar-refractivity contribution in [1.82, 2.24) is 4.90 Å². The van der Waals surface area contributed by atoms with Crippen LogP contribution in [0, 0.1) is 5.92 Å². The van der Waals surface area contributed by atoms with Crippen molar-refractivity contribution >= 4 is 5.78 Å². The summed E-state index contributed by atoms with van der Waals surface area (Å²) in [5.74, 6) is 2.76. The van der Waals surface area contributed by atoms with Gasteiger partial charge in [0.1, 0.15) is 5.78 Å². The molecule has 0 aromatic heterocycles. The summed E-state index contributed by atoms with van der Waals surface area (Å²) in [6.45, 7) is 2.31. The predicted molar refractivity (Wildman–Crippen MR) is 71.9 cm³/mol. The van der Waals surface area contributed by atoms with E-state index in [2.05, 4.69) is 17.0 Å². The molecule has 1 aromatic carbocycles. The lowest BCUT2D eigenvalue weighted by Gasteiger charge is -2.30. The number of ether oxygens (including phenoxy) is 2. The first-order chi connectivity index (χ1) is 9.81. The highest BCUT2D eigenvalue weighted by atomic mass is 16.7. The van der Waals surface area contributed by atoms with Crippen LogP contribution in [0.3, 0.4) is 0 Å². The van der Waals surface area contributed by atoms with E-state index in [1.54, 1.807) is 0 Å². The minimum Gasteiger partial charge on any atom is -0.454 e. The van der Waals surface area contributed by atoms with Crippen molar-refractivity contribution in [2.24, 2.45) is 5.92 Å². The number of carbonyl (C=O) groups excluding carboxylic acids is 1. The van der Waals surface area contributed by atoms with Crippen molar-refractivity contribution in [3.05, 3.63) is 23.3 Å². The molecule has 4 nitrogen and oxygen atoms in total. The number of nitrogens with zero attached hydrogens (tertiary/aromatic N) is 1. The topological polar surface area (TPSA) is 38.8 Å². The summed E-state index contributed by atoms with van der Waals surface area (Å²) < 4.78 is 11.0. The molecule has 1 aromatic rings. The molecular weight excluding hydrogens is 254 g/mol. The molecule has 1 saturated heterocycles. The summed E-state index contributed by atoms with van der Waals surface area (Å²) >= 11 is 0. The fraction of sp³-hybridized carbons (Fsp3) is 0.562. The molecular formula is C16H17NO3. The molecule has 1 saturated carbocycles. The van der Waals surface area contributed by atoms with Gasteiger partial charge < -0.3 is 9.47 Å². The molecule has 1 unspecified atom stereocenters. The van der Waals surface area contributed by atoms with Crippen LogP contribution in [0.1, 0.15) is 36.3 Å². The van der Waals surface area contributed by atoms with Crippen molar-refractivity contribution < 1.29 is 14.3 Å². The molecule has 0 radical (unpaired) electrons. The van der Waals surface area contributed by atoms with Gasteiger partial charge in [-0.2, -0.15) is 0 Å². The first-order valence-corrected chi connectivity index (χ1v) is 7.50. The number of benzene rings is 1. The first-order valence-electron chi connectivity index (χ1n) is 7.50. The van der Waals surface area contributed by atoms with Crippen LogP contribution in [0.15, 0.2) is 12.1 Å². The van der Waals surface area contributed by atoms with Crippen LogP contribution >= 0.6 is 0 Å². The SMILES string of the molecule is O=C1CCC[C@H]2[C@H]1[C@@H]1CN2Cc2cc3c(cc21)OCO3. The van der Waals surface area contributed by atoms with E-state index in [1.807, 2.05) is 0 Å². The van der Waals surface area contributed by atoms with E-state index in [-0.39, 0.29) is 5.92 Å². The van der Waals surface area contributed by atoms with Gasteiger partial charge in [-0.15, -0.1) is 0 Å². The van der Waals surface area contributed by atoms with E-state index >= 15 is 0 Å². The maximum atomic E-state index is 12.4. The molecule has 0 amide bonds. The molecule has 1 aliphatic carbocycles. The molecule has 2 bridgehead atoms. The second-order valence-electron chi connectivity index (χ2n) is 6.39. The second-order valence-corrected chi connectivity index (χ2v) is 6.39. The summed E-state index contributed by atoms with van der Waals surface area (Å²) in [7, 11) is 0. The highest BCUT2D eigenvalue weighted by Crippen LogP contribution is 2.50. The van der Waals surface area contributed by atoms with Gasteiger partial charge in [0.05, 0.1) is 0 Å². The minimum atomic E-state index is 0.213. The summed E-state index contributed by atoms with van der Waals surface area (Å²) in [6.07, 6.45) is 3.00. The van der Waals surface area contributed by atoms with E-state index in [9.17, 15) is 4.79 Å². The number of fused-ring (bicyclic) bond motifs is 8. The maximum absolute atomic E-state index is 12.4. The summed E-state index contributed by atoms with van der Waals surface area (Å²) in [5, 5.41) is 0. The van der Waals surface area contributed by atoms with Crippen LogP contribution in [0.25, 0.3) is 0 Å². The van der Waals surface area contributed by atoms with Gasteiger partial charge in [0.15, 0.2) is 11.5 Å². The van der Waals surface area contributed by atoms with Gasteiger partial charge in [-0.3, -0.25) is 9.69 Å². The fourth-order valence-corrected chi connectivity index (χ4v) is 4.62. The molecule has 3 heterocycles. The van der Waals surface area contributed by atoms with Crippen molar-refractivity contribution in [2.75, 3.05) is 13.3 Å². The number of Topliss-reactive ketones (excluding diaryl/α,β-unsaturated/α-hetero) is 1. The van der Waals surface area contributed by atoms with Gasteiger partial charge in [-0.05, 0) is 36.1 Å². The van der Waals surface area contributed by atoms with Crippen molar-refractivity contribution in [3.8, 4) is 11.5 Å². The Labute approximate surface area is 117 Å². The van der Waals surface area contributed by atoms with Crippen molar-refractivity contribution in [1.29, 1.82) is 0 Å². The lowest BCUT2D eigenvalue weighted by atomic mass is 9.76. The number of carbonyl (C=O) groups is 1. The Morgan fingerprint density at radius 3 is 2.95 bits per heavy atom. The molecule has 4 heteroatoms. The second kappa shape index (κ2) is 3.76. The van der Waals surface area contributed by atoms with Crippen LogP contribution < -0.4 is 9.47 Å². The number of ketones is 1. The Bertz CT molecular complexity index is 612. The molecule has 4 aliphatic rings. The summed E-state index contributed by atoms with van der Waals surface area (Å²) in [6, 6.07) is 4.72. The molecule has 0 N–H and O–H groups in total. The van der Waals surface area contributed by atoms with E-state index in [4.69, 9.17) is 9.47 Å². The molecule has 2 fully saturated rings. The zero-order chi connectivity index (χ0) is 13.3. The highest BCUT2D eigenvalue weighted by molar-refractivity contribution is 5.84. The Hall–Kier alpha value is -1.55. The number of hydrogen-bond donors (Lipinski definition) is 0. The zero-order valence-corrected chi connectivity index (χ0v) is 11.3. The van der Waals surface area contributed by atoms with E-state index in [1.165, 1.54) is 17.5 Å². The van der Waals surface area contributed by atoms with E-state index in [0.29, 0.717) is 24.5 Å². The van der Waals surface area contributed by atoms with Gasteiger partial charge in [0.2, 0.25) is 6.79 Å². The van der Waals surface area contributed by atoms with Crippen LogP contribution in [-0.2, 0) is 11.3 Å². The molecule has 20 heavy (non-hydrogen) atoms. The van der Waals surface area contributed by atoms with Crippen molar-refractivity contribution in [2.45, 2.75) is 37.8 Å². The molecule has 5 rings (SSSR count). The van der Waals surface area contributed by atoms with E-state index < -0.39 is 0 Å². The van der Waals surface area contributed by atoms with Gasteiger partial charge in [0, 0.05) is 37.4 Å². The third kappa shape index (κ3) is 1.32. The smallest absolute Gasteiger partial charge is 0.231 e. The largest absolute Gasteiger partial charge is 0.454 e. The van der Waals surface area contributed by atoms with Gasteiger partial charge in [-0.25, -0.2) is 0 Å². The maximum Gasteiger partial charge on any atom is 0.231 e. The monoisotopic (exact) mass is 271 g/mol. The molecule has 0 spiro atoms. The van der Waals surface area contributed by atoms with Crippen LogP contribution in [0.5, 0.6) is 11.5 Å². The number of rotatable bonds is 0. The third-order valence-electron chi connectivity index (χ3n) is 5.45. The normalized spacial score (nSPS) is 36.7. The molecule has 3 aliphatic heterocycles. The molecule has 4 atom stereocenters. The lowest BCUT2D eigenvalue weighted by molar-refractivity contribution is -0.125. The van der Waals surface area contributed by atoms with Gasteiger partial charge in [-0.1, -0.05) is 0 Å². The average Bonchev–Trinajstić information content (AvgIpc) is 3.01. The van der Waals surface area contributed by atoms with Crippen LogP contribution in [-0.4, -0.2) is 30.1 Å². The third-order valence-corrected chi connectivity index (χ3v) is 5.45. The number of hydrogen-bond acceptors (Lipinski definition) is 4. The van der Waals surface area contributed by atoms with Crippen molar-refractivity contribution in [3.63, 3.8) is 0 Å². The fourth-order valence-electron chi connectivity index (χ4n) is 4.62. The lowest BCUT2D eigenvalue weighted by Crippen LogP contribution is -2.37. The van der Waals surface area contributed by atoms with Crippen LogP contribution in [0.2, 0.25) is 0 Å². The van der Waals surface area contributed by atoms with Crippen LogP contribution in [0.4, 0.5) is 0 Å². The Morgan fingerprint density at radius 1 is 1.20 bits per heavy atom. The Morgan fingerprint density at radius 2 is 2.05 bits per heavy atom. The standard InChI is InChI=1S/C16H17NO3/c18-13-3-1-2-12-16(13)11-7-17(12)6-9-4-14-15(5-10(9)11)20-8-19-14/h4-5,11-12,16H,1-3,6-8H2/t11-,12+,16-/m1/s1.